The van der Waals surface area contributed by atoms with Gasteiger partial charge in [0.1, 0.15) is 0 Å². The summed E-state index contributed by atoms with van der Waals surface area (Å²) in [5.41, 5.74) is 1.36. The predicted octanol–water partition coefficient (Wildman–Crippen LogP) is 3.57. The van der Waals surface area contributed by atoms with Crippen LogP contribution in [0.15, 0.2) is 24.5 Å². The fourth-order valence-corrected chi connectivity index (χ4v) is 2.14. The molecule has 1 atom stereocenters. The van der Waals surface area contributed by atoms with Gasteiger partial charge < -0.3 is 5.32 Å². The quantitative estimate of drug-likeness (QED) is 0.706. The molecular weight excluding hydrogens is 208 g/mol. The van der Waals surface area contributed by atoms with Gasteiger partial charge in [-0.05, 0) is 50.3 Å². The topological polar surface area (TPSA) is 24.9 Å². The van der Waals surface area contributed by atoms with Crippen molar-refractivity contribution in [2.75, 3.05) is 6.54 Å². The van der Waals surface area contributed by atoms with Crippen molar-refractivity contribution >= 4 is 0 Å². The first-order valence-electron chi connectivity index (χ1n) is 6.99. The molecule has 2 nitrogen and oxygen atoms in total. The average Bonchev–Trinajstić information content (AvgIpc) is 2.37. The third-order valence-corrected chi connectivity index (χ3v) is 3.06. The van der Waals surface area contributed by atoms with E-state index in [2.05, 4.69) is 30.2 Å². The van der Waals surface area contributed by atoms with Crippen molar-refractivity contribution in [2.24, 2.45) is 0 Å². The second-order valence-electron chi connectivity index (χ2n) is 4.69. The van der Waals surface area contributed by atoms with Gasteiger partial charge in [-0.25, -0.2) is 0 Å². The molecule has 0 aliphatic carbocycles. The average molecular weight is 234 g/mol. The Balaban J connectivity index is 2.22. The van der Waals surface area contributed by atoms with E-state index >= 15 is 0 Å². The van der Waals surface area contributed by atoms with Gasteiger partial charge in [-0.2, -0.15) is 0 Å². The summed E-state index contributed by atoms with van der Waals surface area (Å²) in [4.78, 5) is 4.15. The fourth-order valence-electron chi connectivity index (χ4n) is 2.14. The van der Waals surface area contributed by atoms with Gasteiger partial charge in [-0.3, -0.25) is 4.98 Å². The third kappa shape index (κ3) is 6.42. The molecule has 1 unspecified atom stereocenters. The van der Waals surface area contributed by atoms with Crippen molar-refractivity contribution in [2.45, 2.75) is 58.4 Å². The molecule has 0 aliphatic rings. The second-order valence-corrected chi connectivity index (χ2v) is 4.69. The van der Waals surface area contributed by atoms with E-state index in [1.54, 1.807) is 0 Å². The van der Waals surface area contributed by atoms with Crippen LogP contribution in [0.5, 0.6) is 0 Å². The minimum Gasteiger partial charge on any atom is -0.314 e. The van der Waals surface area contributed by atoms with E-state index in [1.165, 1.54) is 37.7 Å². The first-order valence-corrected chi connectivity index (χ1v) is 6.99. The number of aromatic nitrogens is 1. The highest BCUT2D eigenvalue weighted by Crippen LogP contribution is 2.09. The van der Waals surface area contributed by atoms with Gasteiger partial charge in [0.05, 0.1) is 0 Å². The molecule has 0 spiro atoms. The summed E-state index contributed by atoms with van der Waals surface area (Å²) in [6, 6.07) is 4.90. The molecule has 0 bridgehead atoms. The van der Waals surface area contributed by atoms with Crippen LogP contribution >= 0.6 is 0 Å². The third-order valence-electron chi connectivity index (χ3n) is 3.06. The Morgan fingerprint density at radius 3 is 2.76 bits per heavy atom. The van der Waals surface area contributed by atoms with Crippen molar-refractivity contribution in [3.63, 3.8) is 0 Å². The Hall–Kier alpha value is -0.890. The smallest absolute Gasteiger partial charge is 0.0299 e. The zero-order chi connectivity index (χ0) is 12.3. The van der Waals surface area contributed by atoms with Crippen molar-refractivity contribution in [1.82, 2.24) is 10.3 Å². The highest BCUT2D eigenvalue weighted by atomic mass is 14.9. The summed E-state index contributed by atoms with van der Waals surface area (Å²) in [7, 11) is 0. The Bertz CT molecular complexity index is 272. The van der Waals surface area contributed by atoms with Crippen molar-refractivity contribution in [1.29, 1.82) is 0 Å². The lowest BCUT2D eigenvalue weighted by molar-refractivity contribution is 0.438. The summed E-state index contributed by atoms with van der Waals surface area (Å²) in [5, 5.41) is 3.64. The van der Waals surface area contributed by atoms with Crippen molar-refractivity contribution in [3.05, 3.63) is 30.1 Å². The van der Waals surface area contributed by atoms with Crippen LogP contribution in [0.2, 0.25) is 0 Å². The molecule has 2 heteroatoms. The maximum Gasteiger partial charge on any atom is 0.0299 e. The molecule has 96 valence electrons. The number of hydrogen-bond acceptors (Lipinski definition) is 2. The SMILES string of the molecule is CCCNC(CCC)CCCc1cccnc1. The van der Waals surface area contributed by atoms with Gasteiger partial charge in [-0.1, -0.05) is 26.3 Å². The Labute approximate surface area is 106 Å². The number of aryl methyl sites for hydroxylation is 1. The van der Waals surface area contributed by atoms with Crippen LogP contribution in [-0.4, -0.2) is 17.6 Å². The molecule has 17 heavy (non-hydrogen) atoms. The molecule has 1 N–H and O–H groups in total. The van der Waals surface area contributed by atoms with Crippen LogP contribution in [0.25, 0.3) is 0 Å². The van der Waals surface area contributed by atoms with E-state index < -0.39 is 0 Å². The summed E-state index contributed by atoms with van der Waals surface area (Å²) in [6.07, 6.45) is 11.3. The predicted molar refractivity (Wildman–Crippen MR) is 74.2 cm³/mol. The van der Waals surface area contributed by atoms with E-state index in [-0.39, 0.29) is 0 Å². The molecule has 0 aliphatic heterocycles. The lowest BCUT2D eigenvalue weighted by Gasteiger charge is -2.17. The maximum atomic E-state index is 4.15. The first-order chi connectivity index (χ1) is 8.36. The van der Waals surface area contributed by atoms with E-state index in [4.69, 9.17) is 0 Å². The van der Waals surface area contributed by atoms with Gasteiger partial charge in [0.15, 0.2) is 0 Å². The molecule has 0 aromatic carbocycles. The molecule has 0 saturated carbocycles. The molecule has 0 amide bonds. The van der Waals surface area contributed by atoms with E-state index in [9.17, 15) is 0 Å². The molecule has 0 saturated heterocycles. The van der Waals surface area contributed by atoms with Crippen LogP contribution in [0.3, 0.4) is 0 Å². The van der Waals surface area contributed by atoms with Gasteiger partial charge in [-0.15, -0.1) is 0 Å². The van der Waals surface area contributed by atoms with Crippen molar-refractivity contribution in [3.8, 4) is 0 Å². The minimum absolute atomic E-state index is 0.705. The summed E-state index contributed by atoms with van der Waals surface area (Å²) < 4.78 is 0. The monoisotopic (exact) mass is 234 g/mol. The van der Waals surface area contributed by atoms with Crippen molar-refractivity contribution < 1.29 is 0 Å². The summed E-state index contributed by atoms with van der Waals surface area (Å²) >= 11 is 0. The van der Waals surface area contributed by atoms with E-state index in [0.29, 0.717) is 6.04 Å². The molecule has 1 rings (SSSR count). The van der Waals surface area contributed by atoms with Crippen LogP contribution in [0.1, 0.15) is 51.5 Å². The zero-order valence-corrected chi connectivity index (χ0v) is 11.3. The number of hydrogen-bond donors (Lipinski definition) is 1. The molecule has 0 radical (unpaired) electrons. The van der Waals surface area contributed by atoms with E-state index in [1.807, 2.05) is 18.5 Å². The number of nitrogens with zero attached hydrogens (tertiary/aromatic N) is 1. The number of pyridine rings is 1. The first kappa shape index (κ1) is 14.2. The van der Waals surface area contributed by atoms with Gasteiger partial charge >= 0.3 is 0 Å². The largest absolute Gasteiger partial charge is 0.314 e. The number of nitrogens with one attached hydrogen (secondary N) is 1. The maximum absolute atomic E-state index is 4.15. The Kier molecular flexibility index (Phi) is 7.65. The van der Waals surface area contributed by atoms with Crippen LogP contribution in [0, 0.1) is 0 Å². The molecule has 1 aromatic rings. The van der Waals surface area contributed by atoms with Gasteiger partial charge in [0.2, 0.25) is 0 Å². The van der Waals surface area contributed by atoms with E-state index in [0.717, 1.165) is 13.0 Å². The highest BCUT2D eigenvalue weighted by Gasteiger charge is 2.05. The molecule has 1 aromatic heterocycles. The van der Waals surface area contributed by atoms with Gasteiger partial charge in [0.25, 0.3) is 0 Å². The second kappa shape index (κ2) is 9.17. The van der Waals surface area contributed by atoms with Crippen LogP contribution < -0.4 is 5.32 Å². The van der Waals surface area contributed by atoms with Crippen LogP contribution in [0.4, 0.5) is 0 Å². The molecular formula is C15H26N2. The lowest BCUT2D eigenvalue weighted by atomic mass is 10.0. The summed E-state index contributed by atoms with van der Waals surface area (Å²) in [6.45, 7) is 5.64. The molecule has 0 fully saturated rings. The van der Waals surface area contributed by atoms with Gasteiger partial charge in [0, 0.05) is 18.4 Å². The zero-order valence-electron chi connectivity index (χ0n) is 11.3. The number of rotatable bonds is 9. The minimum atomic E-state index is 0.705. The lowest BCUT2D eigenvalue weighted by Crippen LogP contribution is -2.29. The van der Waals surface area contributed by atoms with Crippen LogP contribution in [-0.2, 0) is 6.42 Å². The molecule has 1 heterocycles. The summed E-state index contributed by atoms with van der Waals surface area (Å²) in [5.74, 6) is 0. The Morgan fingerprint density at radius 2 is 2.12 bits per heavy atom. The Morgan fingerprint density at radius 1 is 1.24 bits per heavy atom. The normalized spacial score (nSPS) is 12.6. The standard InChI is InChI=1S/C15H26N2/c1-3-7-15(17-11-4-2)10-5-8-14-9-6-12-16-13-14/h6,9,12-13,15,17H,3-5,7-8,10-11H2,1-2H3. The fraction of sp³-hybridized carbons (Fsp3) is 0.667. The highest BCUT2D eigenvalue weighted by molar-refractivity contribution is 5.08.